The van der Waals surface area contributed by atoms with Gasteiger partial charge in [-0.05, 0) is 68.8 Å². The van der Waals surface area contributed by atoms with Crippen molar-refractivity contribution in [2.24, 2.45) is 11.8 Å². The lowest BCUT2D eigenvalue weighted by atomic mass is 9.72. The number of nitrogens with zero attached hydrogens (tertiary/aromatic N) is 1. The third-order valence-electron chi connectivity index (χ3n) is 7.24. The molecule has 2 aromatic carbocycles. The van der Waals surface area contributed by atoms with Gasteiger partial charge in [0, 0.05) is 49.7 Å². The Kier molecular flexibility index (Phi) is 10.6. The van der Waals surface area contributed by atoms with Crippen molar-refractivity contribution in [3.63, 3.8) is 0 Å². The van der Waals surface area contributed by atoms with E-state index in [-0.39, 0.29) is 17.7 Å². The summed E-state index contributed by atoms with van der Waals surface area (Å²) >= 11 is 6.59. The van der Waals surface area contributed by atoms with Crippen molar-refractivity contribution in [3.05, 3.63) is 59.1 Å². The normalized spacial score (nSPS) is 18.8. The van der Waals surface area contributed by atoms with Gasteiger partial charge in [-0.25, -0.2) is 0 Å². The van der Waals surface area contributed by atoms with Gasteiger partial charge in [0.1, 0.15) is 0 Å². The molecule has 1 amide bonds. The summed E-state index contributed by atoms with van der Waals surface area (Å²) in [5.41, 5.74) is 1.70. The largest absolute Gasteiger partial charge is 0.385 e. The number of carbonyl (C=O) groups is 1. The molecule has 2 N–H and O–H groups in total. The van der Waals surface area contributed by atoms with Crippen LogP contribution in [0.5, 0.6) is 0 Å². The van der Waals surface area contributed by atoms with E-state index in [9.17, 15) is 9.90 Å². The zero-order valence-electron chi connectivity index (χ0n) is 21.4. The Labute approximate surface area is 215 Å². The van der Waals surface area contributed by atoms with Crippen LogP contribution >= 0.6 is 11.6 Å². The van der Waals surface area contributed by atoms with E-state index in [2.05, 4.69) is 12.2 Å². The molecule has 1 aliphatic rings. The van der Waals surface area contributed by atoms with E-state index in [1.807, 2.05) is 60.5 Å². The predicted molar refractivity (Wildman–Crippen MR) is 144 cm³/mol. The molecule has 0 unspecified atom stereocenters. The van der Waals surface area contributed by atoms with E-state index in [0.29, 0.717) is 31.0 Å². The molecule has 0 aromatic heterocycles. The van der Waals surface area contributed by atoms with Crippen LogP contribution in [-0.4, -0.2) is 56.3 Å². The zero-order valence-corrected chi connectivity index (χ0v) is 22.2. The molecule has 1 saturated heterocycles. The van der Waals surface area contributed by atoms with Crippen molar-refractivity contribution < 1.29 is 14.6 Å². The van der Waals surface area contributed by atoms with Gasteiger partial charge in [-0.15, -0.1) is 0 Å². The lowest BCUT2D eigenvalue weighted by molar-refractivity contribution is -0.137. The number of halogens is 1. The lowest BCUT2D eigenvalue weighted by Gasteiger charge is -2.44. The van der Waals surface area contributed by atoms with Gasteiger partial charge in [0.25, 0.3) is 0 Å². The summed E-state index contributed by atoms with van der Waals surface area (Å²) in [6, 6.07) is 15.8. The molecule has 2 aromatic rings. The molecular formula is C29H41ClN2O3. The highest BCUT2D eigenvalue weighted by Gasteiger charge is 2.42. The minimum Gasteiger partial charge on any atom is -0.385 e. The molecule has 1 fully saturated rings. The summed E-state index contributed by atoms with van der Waals surface area (Å²) in [7, 11) is 3.62. The van der Waals surface area contributed by atoms with Crippen LogP contribution in [0, 0.1) is 11.8 Å². The van der Waals surface area contributed by atoms with Crippen molar-refractivity contribution in [2.75, 3.05) is 40.4 Å². The number of benzene rings is 2. The Bertz CT molecular complexity index is 953. The molecule has 1 aliphatic heterocycles. The van der Waals surface area contributed by atoms with Crippen molar-refractivity contribution in [2.45, 2.75) is 51.0 Å². The second-order valence-electron chi connectivity index (χ2n) is 9.95. The molecule has 0 aliphatic carbocycles. The first-order chi connectivity index (χ1) is 16.9. The molecule has 0 spiro atoms. The summed E-state index contributed by atoms with van der Waals surface area (Å²) < 4.78 is 5.26. The third-order valence-corrected chi connectivity index (χ3v) is 7.57. The molecule has 35 heavy (non-hydrogen) atoms. The molecular weight excluding hydrogens is 460 g/mol. The van der Waals surface area contributed by atoms with Crippen LogP contribution in [0.2, 0.25) is 5.02 Å². The first kappa shape index (κ1) is 27.7. The average Bonchev–Trinajstić information content (AvgIpc) is 2.87. The number of amides is 1. The Morgan fingerprint density at radius 1 is 1.20 bits per heavy atom. The molecule has 0 bridgehead atoms. The molecule has 5 nitrogen and oxygen atoms in total. The maximum atomic E-state index is 13.1. The van der Waals surface area contributed by atoms with Gasteiger partial charge < -0.3 is 20.1 Å². The Hall–Kier alpha value is -1.92. The van der Waals surface area contributed by atoms with E-state index >= 15 is 0 Å². The number of unbranched alkanes of at least 4 members (excludes halogenated alkanes) is 1. The number of aliphatic hydroxyl groups is 1. The van der Waals surface area contributed by atoms with Crippen LogP contribution in [-0.2, 0) is 15.1 Å². The summed E-state index contributed by atoms with van der Waals surface area (Å²) in [5.74, 6) is 0.409. The maximum absolute atomic E-state index is 13.1. The van der Waals surface area contributed by atoms with Gasteiger partial charge in [-0.2, -0.15) is 0 Å². The van der Waals surface area contributed by atoms with Gasteiger partial charge in [0.15, 0.2) is 0 Å². The SMILES string of the molecule is CNC[C@H](C)CC(=O)N1CCC[C@@H]([C@@](O)(CCCCOC)c2ccccc2-c2ccccc2Cl)C1. The van der Waals surface area contributed by atoms with Crippen molar-refractivity contribution in [1.82, 2.24) is 10.2 Å². The zero-order chi connectivity index (χ0) is 25.3. The quantitative estimate of drug-likeness (QED) is 0.378. The highest BCUT2D eigenvalue weighted by Crippen LogP contribution is 2.44. The fourth-order valence-corrected chi connectivity index (χ4v) is 5.65. The number of methoxy groups -OCH3 is 1. The van der Waals surface area contributed by atoms with Crippen LogP contribution < -0.4 is 5.32 Å². The molecule has 192 valence electrons. The second-order valence-corrected chi connectivity index (χ2v) is 10.4. The predicted octanol–water partition coefficient (Wildman–Crippen LogP) is 5.50. The fourth-order valence-electron chi connectivity index (χ4n) is 5.42. The van der Waals surface area contributed by atoms with E-state index < -0.39 is 5.60 Å². The number of nitrogens with one attached hydrogen (secondary N) is 1. The third kappa shape index (κ3) is 7.07. The van der Waals surface area contributed by atoms with E-state index in [0.717, 1.165) is 55.5 Å². The molecule has 3 rings (SSSR count). The van der Waals surface area contributed by atoms with Crippen LogP contribution in [0.1, 0.15) is 51.0 Å². The van der Waals surface area contributed by atoms with Crippen LogP contribution in [0.4, 0.5) is 0 Å². The fraction of sp³-hybridized carbons (Fsp3) is 0.552. The van der Waals surface area contributed by atoms with Crippen molar-refractivity contribution in [3.8, 4) is 11.1 Å². The Morgan fingerprint density at radius 2 is 1.91 bits per heavy atom. The van der Waals surface area contributed by atoms with E-state index in [1.54, 1.807) is 7.11 Å². The number of ether oxygens (including phenoxy) is 1. The van der Waals surface area contributed by atoms with Crippen LogP contribution in [0.15, 0.2) is 48.5 Å². The van der Waals surface area contributed by atoms with Gasteiger partial charge in [-0.3, -0.25) is 4.79 Å². The minimum atomic E-state index is -1.07. The summed E-state index contributed by atoms with van der Waals surface area (Å²) in [6.45, 7) is 4.91. The minimum absolute atomic E-state index is 0.0500. The topological polar surface area (TPSA) is 61.8 Å². The number of likely N-dealkylation sites (tertiary alicyclic amines) is 1. The van der Waals surface area contributed by atoms with Crippen LogP contribution in [0.25, 0.3) is 11.1 Å². The number of hydrogen-bond donors (Lipinski definition) is 2. The molecule has 0 radical (unpaired) electrons. The summed E-state index contributed by atoms with van der Waals surface area (Å²) in [4.78, 5) is 15.1. The first-order valence-electron chi connectivity index (χ1n) is 12.9. The number of carbonyl (C=O) groups excluding carboxylic acids is 1. The summed E-state index contributed by atoms with van der Waals surface area (Å²) in [5, 5.41) is 16.3. The smallest absolute Gasteiger partial charge is 0.222 e. The van der Waals surface area contributed by atoms with Crippen molar-refractivity contribution in [1.29, 1.82) is 0 Å². The Balaban J connectivity index is 1.93. The first-order valence-corrected chi connectivity index (χ1v) is 13.3. The van der Waals surface area contributed by atoms with E-state index in [4.69, 9.17) is 16.3 Å². The second kappa shape index (κ2) is 13.4. The van der Waals surface area contributed by atoms with Crippen molar-refractivity contribution >= 4 is 17.5 Å². The average molecular weight is 501 g/mol. The summed E-state index contributed by atoms with van der Waals surface area (Å²) in [6.07, 6.45) is 4.63. The standard InChI is InChI=1S/C29H41ClN2O3/c1-22(20-31-2)19-28(33)32-17-10-11-23(21-32)29(34,16-8-9-18-35-3)26-14-6-4-12-24(26)25-13-5-7-15-27(25)30/h4-7,12-15,22-23,31,34H,8-11,16-21H2,1-3H3/t22-,23-,29+/m1/s1. The van der Waals surface area contributed by atoms with Gasteiger partial charge in [0.05, 0.1) is 5.60 Å². The van der Waals surface area contributed by atoms with Crippen LogP contribution in [0.3, 0.4) is 0 Å². The number of rotatable bonds is 12. The Morgan fingerprint density at radius 3 is 2.63 bits per heavy atom. The monoisotopic (exact) mass is 500 g/mol. The van der Waals surface area contributed by atoms with Gasteiger partial charge >= 0.3 is 0 Å². The van der Waals surface area contributed by atoms with Gasteiger partial charge in [0.2, 0.25) is 5.91 Å². The number of piperidine rings is 1. The highest BCUT2D eigenvalue weighted by molar-refractivity contribution is 6.33. The highest BCUT2D eigenvalue weighted by atomic mass is 35.5. The van der Waals surface area contributed by atoms with Gasteiger partial charge in [-0.1, -0.05) is 61.0 Å². The van der Waals surface area contributed by atoms with E-state index in [1.165, 1.54) is 0 Å². The molecule has 6 heteroatoms. The molecule has 3 atom stereocenters. The number of hydrogen-bond acceptors (Lipinski definition) is 4. The maximum Gasteiger partial charge on any atom is 0.222 e. The lowest BCUT2D eigenvalue weighted by Crippen LogP contribution is -2.48. The molecule has 0 saturated carbocycles. The molecule has 1 heterocycles.